The predicted molar refractivity (Wildman–Crippen MR) is 131 cm³/mol. The molecule has 1 fully saturated rings. The third-order valence-electron chi connectivity index (χ3n) is 6.14. The van der Waals surface area contributed by atoms with Crippen LogP contribution in [0.3, 0.4) is 0 Å². The largest absolute Gasteiger partial charge is 0.493 e. The molecular formula is C25H23F3N4O2S. The molecule has 0 aliphatic carbocycles. The number of halogens is 3. The lowest BCUT2D eigenvalue weighted by atomic mass is 10.1. The van der Waals surface area contributed by atoms with Gasteiger partial charge in [-0.2, -0.15) is 13.2 Å². The van der Waals surface area contributed by atoms with Crippen molar-refractivity contribution >= 4 is 28.4 Å². The van der Waals surface area contributed by atoms with Gasteiger partial charge in [-0.05, 0) is 79.1 Å². The van der Waals surface area contributed by atoms with Crippen LogP contribution in [0.4, 0.5) is 18.9 Å². The topological polar surface area (TPSA) is 63.3 Å². The van der Waals surface area contributed by atoms with E-state index >= 15 is 0 Å². The maximum atomic E-state index is 13.1. The van der Waals surface area contributed by atoms with E-state index in [1.54, 1.807) is 6.20 Å². The molecule has 2 aromatic heterocycles. The summed E-state index contributed by atoms with van der Waals surface area (Å²) in [5.74, 6) is -0.294. The molecule has 182 valence electrons. The molecule has 0 unspecified atom stereocenters. The minimum atomic E-state index is -4.40. The van der Waals surface area contributed by atoms with Crippen LogP contribution in [-0.4, -0.2) is 37.8 Å². The van der Waals surface area contributed by atoms with Crippen molar-refractivity contribution < 1.29 is 18.3 Å². The van der Waals surface area contributed by atoms with Gasteiger partial charge in [0.05, 0.1) is 23.9 Å². The smallest absolute Gasteiger partial charge is 0.446 e. The summed E-state index contributed by atoms with van der Waals surface area (Å²) < 4.78 is 40.2. The van der Waals surface area contributed by atoms with Gasteiger partial charge < -0.3 is 10.0 Å². The molecule has 1 N–H and O–H groups in total. The molecule has 6 nitrogen and oxygen atoms in total. The summed E-state index contributed by atoms with van der Waals surface area (Å²) in [5.41, 5.74) is -1.77. The van der Waals surface area contributed by atoms with Crippen molar-refractivity contribution in [1.29, 1.82) is 0 Å². The molecule has 0 radical (unpaired) electrons. The monoisotopic (exact) mass is 500 g/mol. The first-order valence-corrected chi connectivity index (χ1v) is 12.1. The minimum Gasteiger partial charge on any atom is -0.493 e. The predicted octanol–water partition coefficient (Wildman–Crippen LogP) is 5.54. The van der Waals surface area contributed by atoms with E-state index in [0.717, 1.165) is 39.8 Å². The Morgan fingerprint density at radius 2 is 1.69 bits per heavy atom. The number of alkyl halides is 3. The average Bonchev–Trinajstić information content (AvgIpc) is 3.11. The summed E-state index contributed by atoms with van der Waals surface area (Å²) in [6.45, 7) is 2.27. The fraction of sp³-hybridized carbons (Fsp3) is 0.280. The van der Waals surface area contributed by atoms with E-state index in [2.05, 4.69) is 22.0 Å². The van der Waals surface area contributed by atoms with E-state index in [4.69, 9.17) is 0 Å². The van der Waals surface area contributed by atoms with Gasteiger partial charge in [0.15, 0.2) is 0 Å². The number of benzene rings is 2. The molecule has 10 heteroatoms. The number of piperidine rings is 1. The molecule has 0 amide bonds. The summed E-state index contributed by atoms with van der Waals surface area (Å²) in [7, 11) is 0. The number of hydrogen-bond donors (Lipinski definition) is 1. The standard InChI is InChI=1S/C25H23F3N4O2S/c26-25(27,28)35-20-7-4-18(5-8-20)32-23(33)16-31(24(32)34)15-17-10-11-29-22-14-19(6-9-21(17)22)30-12-2-1-3-13-30/h4-11,14,16,33H,1-3,12-13,15H2. The lowest BCUT2D eigenvalue weighted by Crippen LogP contribution is -2.29. The second-order valence-corrected chi connectivity index (χ2v) is 9.63. The van der Waals surface area contributed by atoms with Crippen LogP contribution in [0.15, 0.2) is 70.6 Å². The highest BCUT2D eigenvalue weighted by Crippen LogP contribution is 2.37. The Bertz CT molecular complexity index is 1410. The second kappa shape index (κ2) is 9.33. The van der Waals surface area contributed by atoms with E-state index in [1.807, 2.05) is 12.1 Å². The number of pyridine rings is 1. The molecule has 2 aromatic carbocycles. The Morgan fingerprint density at radius 3 is 2.40 bits per heavy atom. The van der Waals surface area contributed by atoms with Crippen LogP contribution >= 0.6 is 11.8 Å². The fourth-order valence-electron chi connectivity index (χ4n) is 4.50. The van der Waals surface area contributed by atoms with Crippen molar-refractivity contribution in [3.63, 3.8) is 0 Å². The molecule has 35 heavy (non-hydrogen) atoms. The zero-order valence-electron chi connectivity index (χ0n) is 18.7. The number of nitrogens with zero attached hydrogens (tertiary/aromatic N) is 4. The summed E-state index contributed by atoms with van der Waals surface area (Å²) in [6, 6.07) is 13.3. The van der Waals surface area contributed by atoms with Crippen LogP contribution < -0.4 is 10.6 Å². The molecule has 0 saturated carbocycles. The Hall–Kier alpha value is -3.40. The third kappa shape index (κ3) is 5.02. The number of aromatic nitrogens is 3. The highest BCUT2D eigenvalue weighted by Gasteiger charge is 2.29. The zero-order valence-corrected chi connectivity index (χ0v) is 19.5. The van der Waals surface area contributed by atoms with Crippen LogP contribution in [0.5, 0.6) is 5.88 Å². The molecule has 4 aromatic rings. The number of anilines is 1. The highest BCUT2D eigenvalue weighted by atomic mass is 32.2. The van der Waals surface area contributed by atoms with Crippen LogP contribution in [0.2, 0.25) is 0 Å². The van der Waals surface area contributed by atoms with Crippen molar-refractivity contribution in [1.82, 2.24) is 14.1 Å². The van der Waals surface area contributed by atoms with Crippen LogP contribution in [-0.2, 0) is 6.54 Å². The van der Waals surface area contributed by atoms with Crippen molar-refractivity contribution in [2.45, 2.75) is 36.2 Å². The Labute approximate surface area is 203 Å². The van der Waals surface area contributed by atoms with Gasteiger partial charge in [0.2, 0.25) is 5.88 Å². The molecule has 0 atom stereocenters. The maximum Gasteiger partial charge on any atom is 0.446 e. The molecular weight excluding hydrogens is 477 g/mol. The quantitative estimate of drug-likeness (QED) is 0.365. The highest BCUT2D eigenvalue weighted by molar-refractivity contribution is 8.00. The Kier molecular flexibility index (Phi) is 6.22. The first-order valence-electron chi connectivity index (χ1n) is 11.3. The summed E-state index contributed by atoms with van der Waals surface area (Å²) >= 11 is -0.233. The molecule has 5 rings (SSSR count). The number of imidazole rings is 1. The van der Waals surface area contributed by atoms with Gasteiger partial charge in [0, 0.05) is 35.3 Å². The van der Waals surface area contributed by atoms with Crippen molar-refractivity contribution in [3.05, 3.63) is 77.0 Å². The van der Waals surface area contributed by atoms with Gasteiger partial charge in [-0.3, -0.25) is 9.55 Å². The van der Waals surface area contributed by atoms with E-state index in [9.17, 15) is 23.1 Å². The van der Waals surface area contributed by atoms with Crippen LogP contribution in [0.25, 0.3) is 16.6 Å². The molecule has 0 spiro atoms. The van der Waals surface area contributed by atoms with E-state index in [-0.39, 0.29) is 34.8 Å². The van der Waals surface area contributed by atoms with Gasteiger partial charge >= 0.3 is 11.2 Å². The van der Waals surface area contributed by atoms with Crippen molar-refractivity contribution in [3.8, 4) is 11.6 Å². The molecule has 1 saturated heterocycles. The Morgan fingerprint density at radius 1 is 0.971 bits per heavy atom. The molecule has 3 heterocycles. The van der Waals surface area contributed by atoms with Gasteiger partial charge in [0.25, 0.3) is 0 Å². The fourth-order valence-corrected chi connectivity index (χ4v) is 5.04. The summed E-state index contributed by atoms with van der Waals surface area (Å²) in [6.07, 6.45) is 6.65. The number of fused-ring (bicyclic) bond motifs is 1. The molecule has 0 bridgehead atoms. The first-order chi connectivity index (χ1) is 16.8. The number of thioether (sulfide) groups is 1. The maximum absolute atomic E-state index is 13.1. The number of rotatable bonds is 5. The number of aromatic hydroxyl groups is 1. The third-order valence-corrected chi connectivity index (χ3v) is 6.88. The van der Waals surface area contributed by atoms with E-state index < -0.39 is 11.2 Å². The minimum absolute atomic E-state index is 0.000370. The summed E-state index contributed by atoms with van der Waals surface area (Å²) in [4.78, 5) is 19.9. The van der Waals surface area contributed by atoms with Crippen molar-refractivity contribution in [2.75, 3.05) is 18.0 Å². The number of hydrogen-bond acceptors (Lipinski definition) is 5. The zero-order chi connectivity index (χ0) is 24.6. The van der Waals surface area contributed by atoms with Gasteiger partial charge in [-0.1, -0.05) is 6.07 Å². The lowest BCUT2D eigenvalue weighted by molar-refractivity contribution is -0.0328. The van der Waals surface area contributed by atoms with E-state index in [1.165, 1.54) is 54.3 Å². The average molecular weight is 501 g/mol. The Balaban J connectivity index is 1.42. The SMILES string of the molecule is O=c1n(Cc2ccnc3cc(N4CCCCC4)ccc23)cc(O)n1-c1ccc(SC(F)(F)F)cc1. The lowest BCUT2D eigenvalue weighted by Gasteiger charge is -2.29. The van der Waals surface area contributed by atoms with Crippen molar-refractivity contribution in [2.24, 2.45) is 0 Å². The van der Waals surface area contributed by atoms with Gasteiger partial charge in [-0.15, -0.1) is 0 Å². The van der Waals surface area contributed by atoms with E-state index in [0.29, 0.717) is 0 Å². The first kappa shape index (κ1) is 23.3. The normalized spacial score (nSPS) is 14.5. The van der Waals surface area contributed by atoms with Crippen LogP contribution in [0, 0.1) is 0 Å². The van der Waals surface area contributed by atoms with Gasteiger partial charge in [0.1, 0.15) is 0 Å². The summed E-state index contributed by atoms with van der Waals surface area (Å²) in [5, 5.41) is 11.3. The second-order valence-electron chi connectivity index (χ2n) is 8.49. The van der Waals surface area contributed by atoms with Crippen LogP contribution in [0.1, 0.15) is 24.8 Å². The molecule has 1 aliphatic rings. The molecule has 1 aliphatic heterocycles. The van der Waals surface area contributed by atoms with Gasteiger partial charge in [-0.25, -0.2) is 9.36 Å².